The minimum absolute atomic E-state index is 0.00367. The van der Waals surface area contributed by atoms with E-state index in [0.29, 0.717) is 29.9 Å². The molecule has 344 valence electrons. The Hall–Kier alpha value is -8.54. The van der Waals surface area contributed by atoms with Crippen molar-refractivity contribution in [1.82, 2.24) is 10.6 Å². The lowest BCUT2D eigenvalue weighted by atomic mass is 9.91. The molecule has 1 amide bonds. The molecule has 0 saturated carbocycles. The zero-order chi connectivity index (χ0) is 47.4. The molecule has 1 aliphatic rings. The highest BCUT2D eigenvalue weighted by Crippen LogP contribution is 2.38. The van der Waals surface area contributed by atoms with Gasteiger partial charge in [0.2, 0.25) is 5.78 Å². The standard InChI is InChI=1S/C58H48N2O9/c61-55(53-47-24-14-13-23-43(47)27-30-48(53)58(64)68-38-42-21-11-4-12-22-42)54-50(66-36-40-17-7-2-8-18-40)31-45(32-51(54)67-37-41-19-9-3-10-20-41)57(63)69-52-34-59-33-49(52)60-56(62)44-25-28-46(29-26-44)65-35-39-15-5-1-6-16-39/h1-32,49,52,59H,33-38H2,(H,60,62). The molecule has 8 aromatic rings. The van der Waals surface area contributed by atoms with Crippen LogP contribution < -0.4 is 24.8 Å². The lowest BCUT2D eigenvalue weighted by Gasteiger charge is -2.22. The van der Waals surface area contributed by atoms with E-state index in [2.05, 4.69) is 10.6 Å². The first-order valence-electron chi connectivity index (χ1n) is 22.6. The van der Waals surface area contributed by atoms with Crippen LogP contribution in [0, 0.1) is 0 Å². The molecule has 11 heteroatoms. The Morgan fingerprint density at radius 3 is 1.59 bits per heavy atom. The maximum atomic E-state index is 15.5. The summed E-state index contributed by atoms with van der Waals surface area (Å²) >= 11 is 0. The van der Waals surface area contributed by atoms with Crippen LogP contribution in [0.2, 0.25) is 0 Å². The van der Waals surface area contributed by atoms with Gasteiger partial charge in [-0.1, -0.05) is 152 Å². The van der Waals surface area contributed by atoms with Crippen molar-refractivity contribution in [3.05, 3.63) is 244 Å². The number of hydrogen-bond acceptors (Lipinski definition) is 10. The van der Waals surface area contributed by atoms with Crippen LogP contribution in [0.5, 0.6) is 17.2 Å². The smallest absolute Gasteiger partial charge is 0.339 e. The monoisotopic (exact) mass is 916 g/mol. The summed E-state index contributed by atoms with van der Waals surface area (Å²) in [5.74, 6) is -1.66. The summed E-state index contributed by atoms with van der Waals surface area (Å²) < 4.78 is 30.9. The van der Waals surface area contributed by atoms with Crippen molar-refractivity contribution < 1.29 is 42.9 Å². The molecular formula is C58H48N2O9. The third kappa shape index (κ3) is 11.4. The Kier molecular flexibility index (Phi) is 14.4. The van der Waals surface area contributed by atoms with E-state index in [1.165, 1.54) is 12.1 Å². The predicted octanol–water partition coefficient (Wildman–Crippen LogP) is 10.1. The van der Waals surface area contributed by atoms with Crippen LogP contribution in [0.3, 0.4) is 0 Å². The first kappa shape index (κ1) is 45.6. The molecule has 1 saturated heterocycles. The van der Waals surface area contributed by atoms with Crippen molar-refractivity contribution in [2.24, 2.45) is 0 Å². The van der Waals surface area contributed by atoms with Crippen molar-refractivity contribution >= 4 is 34.4 Å². The zero-order valence-corrected chi connectivity index (χ0v) is 37.5. The van der Waals surface area contributed by atoms with Crippen LogP contribution in [-0.2, 0) is 35.9 Å². The summed E-state index contributed by atoms with van der Waals surface area (Å²) in [6.45, 7) is 1.07. The Bertz CT molecular complexity index is 2990. The van der Waals surface area contributed by atoms with Gasteiger partial charge in [-0.05, 0) is 75.5 Å². The molecule has 0 radical (unpaired) electrons. The highest BCUT2D eigenvalue weighted by molar-refractivity contribution is 6.23. The summed E-state index contributed by atoms with van der Waals surface area (Å²) in [4.78, 5) is 57.5. The second kappa shape index (κ2) is 21.8. The van der Waals surface area contributed by atoms with Crippen molar-refractivity contribution in [3.63, 3.8) is 0 Å². The number of esters is 2. The average Bonchev–Trinajstić information content (AvgIpc) is 3.84. The number of fused-ring (bicyclic) bond motifs is 1. The Morgan fingerprint density at radius 1 is 0.493 bits per heavy atom. The Balaban J connectivity index is 1.03. The van der Waals surface area contributed by atoms with Gasteiger partial charge < -0.3 is 34.3 Å². The van der Waals surface area contributed by atoms with Crippen molar-refractivity contribution in [2.45, 2.75) is 38.6 Å². The molecule has 1 heterocycles. The topological polar surface area (TPSA) is 138 Å². The molecule has 0 aromatic heterocycles. The number of carbonyl (C=O) groups excluding carboxylic acids is 4. The fourth-order valence-corrected chi connectivity index (χ4v) is 8.07. The van der Waals surface area contributed by atoms with Gasteiger partial charge in [-0.3, -0.25) is 9.59 Å². The molecule has 2 N–H and O–H groups in total. The van der Waals surface area contributed by atoms with Crippen LogP contribution in [0.25, 0.3) is 10.8 Å². The molecule has 2 atom stereocenters. The van der Waals surface area contributed by atoms with Gasteiger partial charge in [-0.25, -0.2) is 9.59 Å². The van der Waals surface area contributed by atoms with Crippen molar-refractivity contribution in [2.75, 3.05) is 13.1 Å². The second-order valence-electron chi connectivity index (χ2n) is 16.5. The van der Waals surface area contributed by atoms with Gasteiger partial charge in [0.05, 0.1) is 17.2 Å². The number of rotatable bonds is 18. The number of benzene rings is 8. The van der Waals surface area contributed by atoms with Crippen LogP contribution in [0.4, 0.5) is 0 Å². The van der Waals surface area contributed by atoms with Crippen molar-refractivity contribution in [3.8, 4) is 17.2 Å². The van der Waals surface area contributed by atoms with E-state index in [1.54, 1.807) is 48.5 Å². The van der Waals surface area contributed by atoms with E-state index in [4.69, 9.17) is 23.7 Å². The molecule has 0 spiro atoms. The van der Waals surface area contributed by atoms with E-state index in [0.717, 1.165) is 27.6 Å². The molecule has 1 fully saturated rings. The predicted molar refractivity (Wildman–Crippen MR) is 261 cm³/mol. The fourth-order valence-electron chi connectivity index (χ4n) is 8.07. The zero-order valence-electron chi connectivity index (χ0n) is 37.5. The number of ketones is 1. The van der Waals surface area contributed by atoms with Crippen LogP contribution in [0.15, 0.2) is 194 Å². The number of nitrogens with one attached hydrogen (secondary N) is 2. The van der Waals surface area contributed by atoms with Crippen LogP contribution in [-0.4, -0.2) is 48.9 Å². The molecule has 1 aliphatic heterocycles. The van der Waals surface area contributed by atoms with E-state index < -0.39 is 29.9 Å². The van der Waals surface area contributed by atoms with E-state index in [9.17, 15) is 14.4 Å². The van der Waals surface area contributed by atoms with Gasteiger partial charge in [-0.15, -0.1) is 0 Å². The summed E-state index contributed by atoms with van der Waals surface area (Å²) in [6, 6.07) is 57.7. The molecule has 69 heavy (non-hydrogen) atoms. The summed E-state index contributed by atoms with van der Waals surface area (Å²) in [5.41, 5.74) is 4.00. The van der Waals surface area contributed by atoms with Gasteiger partial charge >= 0.3 is 11.9 Å². The summed E-state index contributed by atoms with van der Waals surface area (Å²) in [7, 11) is 0. The van der Waals surface area contributed by atoms with Crippen molar-refractivity contribution in [1.29, 1.82) is 0 Å². The average molecular weight is 917 g/mol. The lowest BCUT2D eigenvalue weighted by molar-refractivity contribution is 0.0282. The minimum Gasteiger partial charge on any atom is -0.489 e. The molecule has 0 aliphatic carbocycles. The first-order valence-corrected chi connectivity index (χ1v) is 22.6. The summed E-state index contributed by atoms with van der Waals surface area (Å²) in [6.07, 6.45) is -0.751. The van der Waals surface area contributed by atoms with Gasteiger partial charge in [-0.2, -0.15) is 0 Å². The first-order chi connectivity index (χ1) is 33.9. The Morgan fingerprint density at radius 2 is 1.01 bits per heavy atom. The molecule has 2 unspecified atom stereocenters. The van der Waals surface area contributed by atoms with E-state index >= 15 is 4.79 Å². The SMILES string of the molecule is O=C(NC1CNCC1OC(=O)c1cc(OCc2ccccc2)c(C(=O)c2c(C(=O)OCc3ccccc3)ccc3ccccc23)c(OCc2ccccc2)c1)c1ccc(OCc2ccccc2)cc1. The molecule has 0 bridgehead atoms. The lowest BCUT2D eigenvalue weighted by Crippen LogP contribution is -2.44. The van der Waals surface area contributed by atoms with Gasteiger partial charge in [0.25, 0.3) is 5.91 Å². The Labute approximate surface area is 399 Å². The number of carbonyl (C=O) groups is 4. The fraction of sp³-hybridized carbons (Fsp3) is 0.138. The molecule has 9 rings (SSSR count). The van der Waals surface area contributed by atoms with Gasteiger partial charge in [0.1, 0.15) is 55.3 Å². The number of hydrogen-bond donors (Lipinski definition) is 2. The second-order valence-corrected chi connectivity index (χ2v) is 16.5. The maximum Gasteiger partial charge on any atom is 0.339 e. The number of ether oxygens (including phenoxy) is 5. The molecule has 11 nitrogen and oxygen atoms in total. The van der Waals surface area contributed by atoms with E-state index in [-0.39, 0.29) is 66.0 Å². The summed E-state index contributed by atoms with van der Waals surface area (Å²) in [5, 5.41) is 7.47. The highest BCUT2D eigenvalue weighted by atomic mass is 16.5. The third-order valence-corrected chi connectivity index (χ3v) is 11.7. The maximum absolute atomic E-state index is 15.5. The molecule has 8 aromatic carbocycles. The number of amides is 1. The van der Waals surface area contributed by atoms with Crippen LogP contribution in [0.1, 0.15) is 69.2 Å². The van der Waals surface area contributed by atoms with Crippen LogP contribution >= 0.6 is 0 Å². The molecular weight excluding hydrogens is 869 g/mol. The highest BCUT2D eigenvalue weighted by Gasteiger charge is 2.34. The minimum atomic E-state index is -0.751. The third-order valence-electron chi connectivity index (χ3n) is 11.7. The van der Waals surface area contributed by atoms with E-state index in [1.807, 2.05) is 133 Å². The normalized spacial score (nSPS) is 14.1. The van der Waals surface area contributed by atoms with Gasteiger partial charge in [0, 0.05) is 24.2 Å². The largest absolute Gasteiger partial charge is 0.489 e. The quantitative estimate of drug-likeness (QED) is 0.0632. The van der Waals surface area contributed by atoms with Gasteiger partial charge in [0.15, 0.2) is 0 Å².